The smallest absolute Gasteiger partial charge is 0.229 e. The molecule has 4 rings (SSSR count). The zero-order valence-electron chi connectivity index (χ0n) is 19.8. The molecule has 0 unspecified atom stereocenters. The fourth-order valence-electron chi connectivity index (χ4n) is 3.95. The third-order valence-electron chi connectivity index (χ3n) is 5.99. The number of methoxy groups -OCH3 is 2. The van der Waals surface area contributed by atoms with E-state index in [1.54, 1.807) is 14.2 Å². The molecule has 0 spiro atoms. The van der Waals surface area contributed by atoms with Crippen molar-refractivity contribution in [1.29, 1.82) is 0 Å². The minimum absolute atomic E-state index is 0.0944. The number of benzene rings is 2. The molecule has 0 saturated heterocycles. The van der Waals surface area contributed by atoms with E-state index in [9.17, 15) is 0 Å². The predicted molar refractivity (Wildman–Crippen MR) is 134 cm³/mol. The number of nitrogens with zero attached hydrogens (tertiary/aromatic N) is 3. The highest BCUT2D eigenvalue weighted by Crippen LogP contribution is 2.21. The molecule has 9 heteroatoms. The van der Waals surface area contributed by atoms with Gasteiger partial charge < -0.3 is 31.2 Å². The third-order valence-corrected chi connectivity index (χ3v) is 5.99. The van der Waals surface area contributed by atoms with Gasteiger partial charge in [-0.25, -0.2) is 0 Å². The number of nitrogens with two attached hydrogens (primary N) is 1. The summed E-state index contributed by atoms with van der Waals surface area (Å²) in [6.45, 7) is 1.16. The highest BCUT2D eigenvalue weighted by atomic mass is 16.5. The molecule has 1 aliphatic carbocycles. The van der Waals surface area contributed by atoms with Crippen LogP contribution in [0.15, 0.2) is 48.5 Å². The summed E-state index contributed by atoms with van der Waals surface area (Å²) >= 11 is 0. The Morgan fingerprint density at radius 1 is 0.735 bits per heavy atom. The Labute approximate surface area is 200 Å². The highest BCUT2D eigenvalue weighted by Gasteiger charge is 2.22. The van der Waals surface area contributed by atoms with Crippen LogP contribution in [0.5, 0.6) is 11.5 Å². The molecule has 2 aromatic carbocycles. The van der Waals surface area contributed by atoms with E-state index in [0.717, 1.165) is 41.9 Å². The van der Waals surface area contributed by atoms with Gasteiger partial charge in [0.1, 0.15) is 11.5 Å². The molecule has 1 heterocycles. The van der Waals surface area contributed by atoms with Gasteiger partial charge in [-0.15, -0.1) is 0 Å². The Morgan fingerprint density at radius 2 is 1.21 bits per heavy atom. The lowest BCUT2D eigenvalue weighted by molar-refractivity contribution is 0.402. The van der Waals surface area contributed by atoms with Gasteiger partial charge in [-0.3, -0.25) is 0 Å². The molecule has 1 aromatic heterocycles. The Hall–Kier alpha value is -3.59. The van der Waals surface area contributed by atoms with E-state index in [2.05, 4.69) is 30.9 Å². The van der Waals surface area contributed by atoms with Gasteiger partial charge in [0.2, 0.25) is 17.8 Å². The maximum absolute atomic E-state index is 6.33. The van der Waals surface area contributed by atoms with E-state index in [0.29, 0.717) is 30.9 Å². The summed E-state index contributed by atoms with van der Waals surface area (Å²) in [6, 6.07) is 16.0. The molecule has 3 aromatic rings. The first kappa shape index (κ1) is 23.6. The van der Waals surface area contributed by atoms with Gasteiger partial charge in [-0.1, -0.05) is 37.1 Å². The first-order chi connectivity index (χ1) is 16.6. The summed E-state index contributed by atoms with van der Waals surface area (Å²) in [5.41, 5.74) is 8.52. The van der Waals surface area contributed by atoms with E-state index in [-0.39, 0.29) is 12.1 Å². The molecule has 1 aliphatic rings. The van der Waals surface area contributed by atoms with Crippen LogP contribution in [0.1, 0.15) is 36.8 Å². The van der Waals surface area contributed by atoms with E-state index in [1.165, 1.54) is 6.42 Å². The van der Waals surface area contributed by atoms with Crippen LogP contribution in [0.2, 0.25) is 0 Å². The van der Waals surface area contributed by atoms with Gasteiger partial charge in [0.15, 0.2) is 0 Å². The zero-order chi connectivity index (χ0) is 23.8. The van der Waals surface area contributed by atoms with Gasteiger partial charge in [0, 0.05) is 25.2 Å². The molecule has 5 N–H and O–H groups in total. The molecule has 0 radical (unpaired) electrons. The molecule has 1 saturated carbocycles. The molecule has 180 valence electrons. The van der Waals surface area contributed by atoms with Crippen molar-refractivity contribution in [3.05, 3.63) is 59.7 Å². The Balaban J connectivity index is 1.48. The largest absolute Gasteiger partial charge is 0.497 e. The number of hydrogen-bond donors (Lipinski definition) is 4. The van der Waals surface area contributed by atoms with Crippen LogP contribution in [-0.2, 0) is 13.1 Å². The molecule has 1 fully saturated rings. The van der Waals surface area contributed by atoms with Crippen LogP contribution in [0.3, 0.4) is 0 Å². The number of nitrogens with one attached hydrogen (secondary N) is 3. The predicted octanol–water partition coefficient (Wildman–Crippen LogP) is 3.79. The summed E-state index contributed by atoms with van der Waals surface area (Å²) in [6.07, 6.45) is 4.34. The van der Waals surface area contributed by atoms with Crippen molar-refractivity contribution in [2.75, 3.05) is 30.2 Å². The molecule has 9 nitrogen and oxygen atoms in total. The summed E-state index contributed by atoms with van der Waals surface area (Å²) in [7, 11) is 3.32. The van der Waals surface area contributed by atoms with Crippen molar-refractivity contribution in [3.8, 4) is 11.5 Å². The van der Waals surface area contributed by atoms with E-state index in [4.69, 9.17) is 15.2 Å². The number of ether oxygens (including phenoxy) is 2. The lowest BCUT2D eigenvalue weighted by Crippen LogP contribution is -2.43. The second kappa shape index (κ2) is 11.5. The highest BCUT2D eigenvalue weighted by molar-refractivity contribution is 5.44. The molecule has 0 aliphatic heterocycles. The molecule has 0 bridgehead atoms. The molecular formula is C25H33N7O2. The minimum atomic E-state index is 0.0944. The zero-order valence-corrected chi connectivity index (χ0v) is 19.8. The first-order valence-electron chi connectivity index (χ1n) is 11.6. The van der Waals surface area contributed by atoms with Crippen LogP contribution in [0, 0.1) is 0 Å². The number of aromatic nitrogens is 3. The molecule has 2 atom stereocenters. The fourth-order valence-corrected chi connectivity index (χ4v) is 3.95. The van der Waals surface area contributed by atoms with E-state index in [1.807, 2.05) is 48.5 Å². The summed E-state index contributed by atoms with van der Waals surface area (Å²) < 4.78 is 10.5. The third kappa shape index (κ3) is 6.48. The SMILES string of the molecule is COc1ccc(CNc2nc(NCc3ccc(OC)cc3)nc(N[C@@H]3CCCC[C@H]3N)n2)cc1. The number of rotatable bonds is 10. The van der Waals surface area contributed by atoms with Crippen LogP contribution in [0.4, 0.5) is 17.8 Å². The van der Waals surface area contributed by atoms with Crippen LogP contribution in [-0.4, -0.2) is 41.3 Å². The molecular weight excluding hydrogens is 430 g/mol. The average Bonchev–Trinajstić information content (AvgIpc) is 2.88. The maximum atomic E-state index is 6.33. The van der Waals surface area contributed by atoms with Crippen molar-refractivity contribution >= 4 is 17.8 Å². The van der Waals surface area contributed by atoms with Gasteiger partial charge in [-0.05, 0) is 48.2 Å². The monoisotopic (exact) mass is 463 g/mol. The standard InChI is InChI=1S/C25H33N7O2/c1-33-19-11-7-17(8-12-19)15-27-23-30-24(28-16-18-9-13-20(34-2)14-10-18)32-25(31-23)29-22-6-4-3-5-21(22)26/h7-14,21-22H,3-6,15-16,26H2,1-2H3,(H3,27,28,29,30,31,32)/t21-,22-/m1/s1. The lowest BCUT2D eigenvalue weighted by atomic mass is 9.91. The summed E-state index contributed by atoms with van der Waals surface area (Å²) in [4.78, 5) is 13.8. The second-order valence-corrected chi connectivity index (χ2v) is 8.41. The van der Waals surface area contributed by atoms with Gasteiger partial charge in [-0.2, -0.15) is 15.0 Å². The quantitative estimate of drug-likeness (QED) is 0.356. The van der Waals surface area contributed by atoms with Gasteiger partial charge in [0.05, 0.1) is 14.2 Å². The lowest BCUT2D eigenvalue weighted by Gasteiger charge is -2.29. The topological polar surface area (TPSA) is 119 Å². The summed E-state index contributed by atoms with van der Waals surface area (Å²) in [5.74, 6) is 3.16. The van der Waals surface area contributed by atoms with Crippen molar-refractivity contribution in [1.82, 2.24) is 15.0 Å². The first-order valence-corrected chi connectivity index (χ1v) is 11.6. The van der Waals surface area contributed by atoms with Crippen molar-refractivity contribution < 1.29 is 9.47 Å². The normalized spacial score (nSPS) is 17.6. The number of hydrogen-bond acceptors (Lipinski definition) is 9. The Bertz CT molecular complexity index is 974. The second-order valence-electron chi connectivity index (χ2n) is 8.41. The maximum Gasteiger partial charge on any atom is 0.229 e. The summed E-state index contributed by atoms with van der Waals surface area (Å²) in [5, 5.41) is 10.1. The van der Waals surface area contributed by atoms with Crippen molar-refractivity contribution in [2.45, 2.75) is 50.9 Å². The number of anilines is 3. The molecule has 34 heavy (non-hydrogen) atoms. The van der Waals surface area contributed by atoms with Gasteiger partial charge >= 0.3 is 0 Å². The van der Waals surface area contributed by atoms with Gasteiger partial charge in [0.25, 0.3) is 0 Å². The van der Waals surface area contributed by atoms with Crippen molar-refractivity contribution in [3.63, 3.8) is 0 Å². The average molecular weight is 464 g/mol. The van der Waals surface area contributed by atoms with E-state index < -0.39 is 0 Å². The van der Waals surface area contributed by atoms with Crippen molar-refractivity contribution in [2.24, 2.45) is 5.73 Å². The Morgan fingerprint density at radius 3 is 1.68 bits per heavy atom. The van der Waals surface area contributed by atoms with Crippen LogP contribution >= 0.6 is 0 Å². The minimum Gasteiger partial charge on any atom is -0.497 e. The Kier molecular flexibility index (Phi) is 7.98. The van der Waals surface area contributed by atoms with E-state index >= 15 is 0 Å². The fraction of sp³-hybridized carbons (Fsp3) is 0.400. The van der Waals surface area contributed by atoms with Crippen LogP contribution in [0.25, 0.3) is 0 Å². The molecule has 0 amide bonds. The van der Waals surface area contributed by atoms with Crippen LogP contribution < -0.4 is 31.2 Å².